The van der Waals surface area contributed by atoms with Gasteiger partial charge in [-0.2, -0.15) is 0 Å². The van der Waals surface area contributed by atoms with Crippen molar-refractivity contribution < 1.29 is 9.02 Å². The lowest BCUT2D eigenvalue weighted by Crippen LogP contribution is -2.04. The van der Waals surface area contributed by atoms with Crippen LogP contribution in [0.25, 0.3) is 11.3 Å². The van der Waals surface area contributed by atoms with Gasteiger partial charge in [0.1, 0.15) is 17.2 Å². The van der Waals surface area contributed by atoms with E-state index >= 15 is 0 Å². The van der Waals surface area contributed by atoms with Gasteiger partial charge >= 0.3 is 0 Å². The molecule has 0 radical (unpaired) electrons. The second-order valence-electron chi connectivity index (χ2n) is 3.11. The van der Waals surface area contributed by atoms with Crippen LogP contribution in [0.5, 0.6) is 0 Å². The molecule has 4 nitrogen and oxygen atoms in total. The Balaban J connectivity index is 2.36. The maximum Gasteiger partial charge on any atom is 0.138 e. The molecule has 0 aliphatic rings. The van der Waals surface area contributed by atoms with Crippen molar-refractivity contribution in [2.45, 2.75) is 6.42 Å². The van der Waals surface area contributed by atoms with Gasteiger partial charge in [0.2, 0.25) is 0 Å². The van der Waals surface area contributed by atoms with Crippen LogP contribution in [0.1, 0.15) is 5.69 Å². The normalized spacial score (nSPS) is 10.5. The number of aromatic nitrogens is 2. The maximum atomic E-state index is 12.7. The molecule has 1 aromatic heterocycles. The number of benzene rings is 1. The van der Waals surface area contributed by atoms with Crippen LogP contribution < -0.4 is 5.73 Å². The molecule has 1 heterocycles. The second-order valence-corrected chi connectivity index (χ2v) is 3.11. The molecule has 2 aromatic rings. The summed E-state index contributed by atoms with van der Waals surface area (Å²) in [5.41, 5.74) is 7.52. The highest BCUT2D eigenvalue weighted by Gasteiger charge is 2.10. The van der Waals surface area contributed by atoms with Crippen molar-refractivity contribution in [1.29, 1.82) is 0 Å². The molecule has 0 fully saturated rings. The minimum Gasteiger partial charge on any atom is -0.330 e. The van der Waals surface area contributed by atoms with Gasteiger partial charge in [0, 0.05) is 12.0 Å². The molecule has 5 heteroatoms. The standard InChI is InChI=1S/C10H10FN3O/c11-8-3-1-7(2-4-8)10-9(5-6-12)13-15-14-10/h1-4H,5-6,12H2. The van der Waals surface area contributed by atoms with Gasteiger partial charge < -0.3 is 5.73 Å². The molecule has 0 saturated heterocycles. The molecule has 78 valence electrons. The number of nitrogens with zero attached hydrogens (tertiary/aromatic N) is 2. The molecule has 1 aromatic carbocycles. The third kappa shape index (κ3) is 2.02. The van der Waals surface area contributed by atoms with Gasteiger partial charge in [0.15, 0.2) is 0 Å². The molecule has 15 heavy (non-hydrogen) atoms. The first kappa shape index (κ1) is 9.79. The molecule has 0 spiro atoms. The summed E-state index contributed by atoms with van der Waals surface area (Å²) in [5.74, 6) is -0.282. The fourth-order valence-corrected chi connectivity index (χ4v) is 1.33. The van der Waals surface area contributed by atoms with Crippen molar-refractivity contribution in [3.63, 3.8) is 0 Å². The second kappa shape index (κ2) is 4.18. The lowest BCUT2D eigenvalue weighted by Gasteiger charge is -1.97. The SMILES string of the molecule is NCCc1nonc1-c1ccc(F)cc1. The zero-order valence-electron chi connectivity index (χ0n) is 7.98. The molecule has 0 atom stereocenters. The van der Waals surface area contributed by atoms with E-state index in [1.54, 1.807) is 12.1 Å². The number of hydrogen-bond acceptors (Lipinski definition) is 4. The highest BCUT2D eigenvalue weighted by Crippen LogP contribution is 2.20. The summed E-state index contributed by atoms with van der Waals surface area (Å²) in [7, 11) is 0. The van der Waals surface area contributed by atoms with Crippen molar-refractivity contribution in [3.8, 4) is 11.3 Å². The molecule has 0 aliphatic carbocycles. The van der Waals surface area contributed by atoms with E-state index in [4.69, 9.17) is 5.73 Å². The van der Waals surface area contributed by atoms with Gasteiger partial charge in [0.05, 0.1) is 0 Å². The topological polar surface area (TPSA) is 64.9 Å². The van der Waals surface area contributed by atoms with Crippen molar-refractivity contribution in [2.75, 3.05) is 6.54 Å². The summed E-state index contributed by atoms with van der Waals surface area (Å²) in [4.78, 5) is 0. The molecular weight excluding hydrogens is 197 g/mol. The van der Waals surface area contributed by atoms with Crippen LogP contribution in [0.2, 0.25) is 0 Å². The van der Waals surface area contributed by atoms with Crippen LogP contribution in [-0.2, 0) is 6.42 Å². The molecular formula is C10H10FN3O. The Morgan fingerprint density at radius 2 is 1.93 bits per heavy atom. The minimum atomic E-state index is -0.282. The third-order valence-electron chi connectivity index (χ3n) is 2.06. The Morgan fingerprint density at radius 3 is 2.60 bits per heavy atom. The van der Waals surface area contributed by atoms with E-state index in [0.717, 1.165) is 5.56 Å². The van der Waals surface area contributed by atoms with Crippen LogP contribution in [0.4, 0.5) is 4.39 Å². The van der Waals surface area contributed by atoms with Crippen LogP contribution in [0.15, 0.2) is 28.9 Å². The molecule has 2 N–H and O–H groups in total. The van der Waals surface area contributed by atoms with Gasteiger partial charge in [-0.05, 0) is 36.0 Å². The maximum absolute atomic E-state index is 12.7. The fourth-order valence-electron chi connectivity index (χ4n) is 1.33. The molecule has 2 rings (SSSR count). The highest BCUT2D eigenvalue weighted by molar-refractivity contribution is 5.60. The Morgan fingerprint density at radius 1 is 1.20 bits per heavy atom. The Hall–Kier alpha value is -1.75. The zero-order valence-corrected chi connectivity index (χ0v) is 7.98. The van der Waals surface area contributed by atoms with Gasteiger partial charge in [-0.3, -0.25) is 0 Å². The van der Waals surface area contributed by atoms with Crippen LogP contribution in [-0.4, -0.2) is 16.9 Å². The van der Waals surface area contributed by atoms with E-state index in [-0.39, 0.29) is 5.82 Å². The number of halogens is 1. The van der Waals surface area contributed by atoms with E-state index in [0.29, 0.717) is 24.4 Å². The van der Waals surface area contributed by atoms with Gasteiger partial charge in [0.25, 0.3) is 0 Å². The Labute approximate surface area is 85.9 Å². The Bertz CT molecular complexity index is 438. The van der Waals surface area contributed by atoms with Gasteiger partial charge in [-0.15, -0.1) is 0 Å². The van der Waals surface area contributed by atoms with Crippen molar-refractivity contribution in [2.24, 2.45) is 5.73 Å². The molecule has 0 unspecified atom stereocenters. The van der Waals surface area contributed by atoms with Crippen molar-refractivity contribution in [3.05, 3.63) is 35.8 Å². The average Bonchev–Trinajstić information content (AvgIpc) is 2.68. The quantitative estimate of drug-likeness (QED) is 0.825. The first-order valence-corrected chi connectivity index (χ1v) is 4.58. The van der Waals surface area contributed by atoms with Gasteiger partial charge in [-0.25, -0.2) is 9.02 Å². The van der Waals surface area contributed by atoms with Crippen molar-refractivity contribution in [1.82, 2.24) is 10.3 Å². The van der Waals surface area contributed by atoms with E-state index in [2.05, 4.69) is 14.9 Å². The van der Waals surface area contributed by atoms with Crippen LogP contribution in [0.3, 0.4) is 0 Å². The largest absolute Gasteiger partial charge is 0.330 e. The fraction of sp³-hybridized carbons (Fsp3) is 0.200. The van der Waals surface area contributed by atoms with Gasteiger partial charge in [-0.1, -0.05) is 5.16 Å². The zero-order chi connectivity index (χ0) is 10.7. The monoisotopic (exact) mass is 207 g/mol. The first-order chi connectivity index (χ1) is 7.31. The predicted octanol–water partition coefficient (Wildman–Crippen LogP) is 1.38. The summed E-state index contributed by atoms with van der Waals surface area (Å²) < 4.78 is 17.3. The molecule has 0 aliphatic heterocycles. The minimum absolute atomic E-state index is 0.282. The summed E-state index contributed by atoms with van der Waals surface area (Å²) in [6, 6.07) is 6.01. The van der Waals surface area contributed by atoms with Crippen LogP contribution >= 0.6 is 0 Å². The number of nitrogens with two attached hydrogens (primary N) is 1. The van der Waals surface area contributed by atoms with E-state index < -0.39 is 0 Å². The molecule has 0 amide bonds. The summed E-state index contributed by atoms with van der Waals surface area (Å²) >= 11 is 0. The highest BCUT2D eigenvalue weighted by atomic mass is 19.1. The number of rotatable bonds is 3. The smallest absolute Gasteiger partial charge is 0.138 e. The lowest BCUT2D eigenvalue weighted by atomic mass is 10.1. The predicted molar refractivity (Wildman–Crippen MR) is 52.5 cm³/mol. The third-order valence-corrected chi connectivity index (χ3v) is 2.06. The average molecular weight is 207 g/mol. The molecule has 0 saturated carbocycles. The lowest BCUT2D eigenvalue weighted by molar-refractivity contribution is 0.304. The van der Waals surface area contributed by atoms with E-state index in [1.807, 2.05) is 0 Å². The Kier molecular flexibility index (Phi) is 2.73. The first-order valence-electron chi connectivity index (χ1n) is 4.58. The van der Waals surface area contributed by atoms with Crippen LogP contribution in [0, 0.1) is 5.82 Å². The molecule has 0 bridgehead atoms. The summed E-state index contributed by atoms with van der Waals surface area (Å²) in [6.45, 7) is 0.475. The summed E-state index contributed by atoms with van der Waals surface area (Å²) in [6.07, 6.45) is 0.593. The van der Waals surface area contributed by atoms with Crippen molar-refractivity contribution >= 4 is 0 Å². The van der Waals surface area contributed by atoms with E-state index in [1.165, 1.54) is 12.1 Å². The van der Waals surface area contributed by atoms with E-state index in [9.17, 15) is 4.39 Å². The summed E-state index contributed by atoms with van der Waals surface area (Å²) in [5, 5.41) is 7.52. The number of hydrogen-bond donors (Lipinski definition) is 1.